The van der Waals surface area contributed by atoms with Gasteiger partial charge in [-0.15, -0.1) is 0 Å². The Morgan fingerprint density at radius 3 is 1.67 bits per heavy atom. The van der Waals surface area contributed by atoms with Crippen LogP contribution in [0.25, 0.3) is 21.5 Å². The third kappa shape index (κ3) is 1.71. The Hall–Kier alpha value is -2.26. The maximum Gasteiger partial charge on any atom is 0.134 e. The zero-order valence-electron chi connectivity index (χ0n) is 12.1. The summed E-state index contributed by atoms with van der Waals surface area (Å²) in [6.45, 7) is 1.34. The summed E-state index contributed by atoms with van der Waals surface area (Å²) >= 11 is 0. The molecular weight excluding hydrogens is 264 g/mol. The summed E-state index contributed by atoms with van der Waals surface area (Å²) in [6, 6.07) is 12.5. The van der Waals surface area contributed by atoms with Crippen LogP contribution >= 0.6 is 0 Å². The fraction of sp³-hybridized carbons (Fsp3) is 0.222. The lowest BCUT2D eigenvalue weighted by molar-refractivity contribution is 0.134. The van der Waals surface area contributed by atoms with Gasteiger partial charge in [-0.25, -0.2) is 0 Å². The van der Waals surface area contributed by atoms with Crippen LogP contribution in [-0.2, 0) is 18.0 Å². The largest absolute Gasteiger partial charge is 0.495 e. The van der Waals surface area contributed by atoms with Gasteiger partial charge in [-0.2, -0.15) is 0 Å². The van der Waals surface area contributed by atoms with E-state index in [0.29, 0.717) is 13.2 Å². The summed E-state index contributed by atoms with van der Waals surface area (Å²) in [5.41, 5.74) is 2.47. The Labute approximate surface area is 123 Å². The van der Waals surface area contributed by atoms with Crippen LogP contribution < -0.4 is 9.47 Å². The lowest BCUT2D eigenvalue weighted by Gasteiger charge is -2.15. The first kappa shape index (κ1) is 12.5. The first-order chi connectivity index (χ1) is 10.3. The summed E-state index contributed by atoms with van der Waals surface area (Å²) < 4.78 is 17.0. The first-order valence-corrected chi connectivity index (χ1v) is 6.99. The van der Waals surface area contributed by atoms with Gasteiger partial charge in [0.1, 0.15) is 11.5 Å². The second-order valence-electron chi connectivity index (χ2n) is 5.27. The van der Waals surface area contributed by atoms with E-state index in [4.69, 9.17) is 14.2 Å². The number of hydrogen-bond donors (Lipinski definition) is 0. The molecule has 3 heteroatoms. The lowest BCUT2D eigenvalue weighted by atomic mass is 9.96. The van der Waals surface area contributed by atoms with Crippen molar-refractivity contribution in [1.29, 1.82) is 0 Å². The molecule has 21 heavy (non-hydrogen) atoms. The van der Waals surface area contributed by atoms with E-state index in [2.05, 4.69) is 24.3 Å². The molecule has 0 unspecified atom stereocenters. The first-order valence-electron chi connectivity index (χ1n) is 6.99. The van der Waals surface area contributed by atoms with Crippen LogP contribution in [0.3, 0.4) is 0 Å². The van der Waals surface area contributed by atoms with Crippen LogP contribution in [0, 0.1) is 0 Å². The molecule has 1 aliphatic heterocycles. The molecule has 0 saturated carbocycles. The number of rotatable bonds is 2. The van der Waals surface area contributed by atoms with E-state index >= 15 is 0 Å². The number of fused-ring (bicyclic) bond motifs is 3. The molecule has 0 amide bonds. The van der Waals surface area contributed by atoms with Crippen LogP contribution in [0.15, 0.2) is 36.4 Å². The van der Waals surface area contributed by atoms with Crippen molar-refractivity contribution in [2.24, 2.45) is 0 Å². The molecule has 0 atom stereocenters. The molecular formula is C18H16O3. The minimum atomic E-state index is 0.670. The standard InChI is InChI=1S/C18H16O3/c1-19-17-13-5-3-4-6-14(13)18(20-2)16-8-12-10-21-9-11(12)7-15(16)17/h3-8H,9-10H2,1-2H3. The van der Waals surface area contributed by atoms with Crippen LogP contribution in [0.4, 0.5) is 0 Å². The zero-order chi connectivity index (χ0) is 14.4. The SMILES string of the molecule is COc1c2ccccc2c(OC)c2cc3c(cc12)COC3. The highest BCUT2D eigenvalue weighted by atomic mass is 16.5. The second-order valence-corrected chi connectivity index (χ2v) is 5.27. The highest BCUT2D eigenvalue weighted by Crippen LogP contribution is 2.44. The average molecular weight is 280 g/mol. The lowest BCUT2D eigenvalue weighted by Crippen LogP contribution is -1.94. The highest BCUT2D eigenvalue weighted by molar-refractivity contribution is 6.11. The highest BCUT2D eigenvalue weighted by Gasteiger charge is 2.19. The monoisotopic (exact) mass is 280 g/mol. The van der Waals surface area contributed by atoms with Crippen molar-refractivity contribution in [2.75, 3.05) is 14.2 Å². The van der Waals surface area contributed by atoms with Crippen LogP contribution in [0.5, 0.6) is 11.5 Å². The zero-order valence-corrected chi connectivity index (χ0v) is 12.1. The molecule has 0 radical (unpaired) electrons. The predicted octanol–water partition coefficient (Wildman–Crippen LogP) is 4.04. The summed E-state index contributed by atoms with van der Waals surface area (Å²) in [5.74, 6) is 1.80. The molecule has 0 N–H and O–H groups in total. The molecule has 106 valence electrons. The fourth-order valence-electron chi connectivity index (χ4n) is 3.21. The van der Waals surface area contributed by atoms with E-state index < -0.39 is 0 Å². The van der Waals surface area contributed by atoms with E-state index in [9.17, 15) is 0 Å². The van der Waals surface area contributed by atoms with Crippen molar-refractivity contribution in [3.8, 4) is 11.5 Å². The van der Waals surface area contributed by atoms with Gasteiger partial charge < -0.3 is 14.2 Å². The van der Waals surface area contributed by atoms with Gasteiger partial charge in [0.05, 0.1) is 27.4 Å². The smallest absolute Gasteiger partial charge is 0.134 e. The van der Waals surface area contributed by atoms with Crippen molar-refractivity contribution < 1.29 is 14.2 Å². The minimum absolute atomic E-state index is 0.670. The molecule has 3 aromatic carbocycles. The molecule has 3 aromatic rings. The van der Waals surface area contributed by atoms with Gasteiger partial charge >= 0.3 is 0 Å². The molecule has 0 bridgehead atoms. The number of methoxy groups -OCH3 is 2. The summed E-state index contributed by atoms with van der Waals surface area (Å²) in [7, 11) is 3.44. The fourth-order valence-corrected chi connectivity index (χ4v) is 3.21. The van der Waals surface area contributed by atoms with Crippen LogP contribution in [-0.4, -0.2) is 14.2 Å². The Morgan fingerprint density at radius 2 is 1.24 bits per heavy atom. The van der Waals surface area contributed by atoms with Crippen LogP contribution in [0.2, 0.25) is 0 Å². The maximum atomic E-state index is 5.70. The van der Waals surface area contributed by atoms with Crippen molar-refractivity contribution in [3.05, 3.63) is 47.5 Å². The van der Waals surface area contributed by atoms with E-state index in [1.54, 1.807) is 14.2 Å². The summed E-state index contributed by atoms with van der Waals surface area (Å²) in [4.78, 5) is 0. The Balaban J connectivity index is 2.23. The number of benzene rings is 3. The summed E-state index contributed by atoms with van der Waals surface area (Å²) in [6.07, 6.45) is 0. The van der Waals surface area contributed by atoms with Gasteiger partial charge in [-0.3, -0.25) is 0 Å². The van der Waals surface area contributed by atoms with E-state index in [0.717, 1.165) is 33.0 Å². The third-order valence-corrected chi connectivity index (χ3v) is 4.17. The normalized spacial score (nSPS) is 13.6. The Kier molecular flexibility index (Phi) is 2.76. The molecule has 0 aromatic heterocycles. The van der Waals surface area contributed by atoms with Crippen molar-refractivity contribution in [2.45, 2.75) is 13.2 Å². The van der Waals surface area contributed by atoms with Gasteiger partial charge in [-0.1, -0.05) is 24.3 Å². The minimum Gasteiger partial charge on any atom is -0.495 e. The van der Waals surface area contributed by atoms with Gasteiger partial charge in [0.25, 0.3) is 0 Å². The van der Waals surface area contributed by atoms with E-state index in [1.807, 2.05) is 12.1 Å². The molecule has 0 aliphatic carbocycles. The molecule has 0 fully saturated rings. The van der Waals surface area contributed by atoms with Crippen LogP contribution in [0.1, 0.15) is 11.1 Å². The topological polar surface area (TPSA) is 27.7 Å². The van der Waals surface area contributed by atoms with E-state index in [1.165, 1.54) is 11.1 Å². The molecule has 4 rings (SSSR count). The number of hydrogen-bond acceptors (Lipinski definition) is 3. The van der Waals surface area contributed by atoms with Crippen molar-refractivity contribution in [1.82, 2.24) is 0 Å². The Morgan fingerprint density at radius 1 is 0.762 bits per heavy atom. The molecule has 0 saturated heterocycles. The molecule has 1 aliphatic rings. The quantitative estimate of drug-likeness (QED) is 0.663. The maximum absolute atomic E-state index is 5.70. The average Bonchev–Trinajstić information content (AvgIpc) is 2.97. The van der Waals surface area contributed by atoms with Gasteiger partial charge in [0.15, 0.2) is 0 Å². The van der Waals surface area contributed by atoms with Crippen molar-refractivity contribution in [3.63, 3.8) is 0 Å². The van der Waals surface area contributed by atoms with E-state index in [-0.39, 0.29) is 0 Å². The Bertz CT molecular complexity index is 782. The molecule has 0 spiro atoms. The third-order valence-electron chi connectivity index (χ3n) is 4.17. The van der Waals surface area contributed by atoms with Gasteiger partial charge in [0.2, 0.25) is 0 Å². The van der Waals surface area contributed by atoms with Gasteiger partial charge in [0, 0.05) is 21.5 Å². The second kappa shape index (κ2) is 4.64. The molecule has 1 heterocycles. The predicted molar refractivity (Wildman–Crippen MR) is 83.1 cm³/mol. The van der Waals surface area contributed by atoms with Crippen molar-refractivity contribution >= 4 is 21.5 Å². The summed E-state index contributed by atoms with van der Waals surface area (Å²) in [5, 5.41) is 4.31. The number of ether oxygens (including phenoxy) is 3. The molecule has 3 nitrogen and oxygen atoms in total. The van der Waals surface area contributed by atoms with Gasteiger partial charge in [-0.05, 0) is 23.3 Å².